The zero-order valence-corrected chi connectivity index (χ0v) is 9.95. The van der Waals surface area contributed by atoms with Crippen molar-refractivity contribution >= 4 is 6.29 Å². The minimum Gasteiger partial charge on any atom is -0.303 e. The first-order valence-electron chi connectivity index (χ1n) is 5.82. The van der Waals surface area contributed by atoms with Gasteiger partial charge in [0, 0.05) is 6.54 Å². The third-order valence-electron chi connectivity index (χ3n) is 3.13. The number of nitrogens with zero attached hydrogens (tertiary/aromatic N) is 1. The van der Waals surface area contributed by atoms with Crippen LogP contribution in [0.25, 0.3) is 0 Å². The van der Waals surface area contributed by atoms with Gasteiger partial charge in [-0.15, -0.1) is 6.58 Å². The molecule has 1 aromatic carbocycles. The van der Waals surface area contributed by atoms with Crippen LogP contribution in [0.3, 0.4) is 0 Å². The number of carbonyl (C=O) groups excluding carboxylic acids is 1. The van der Waals surface area contributed by atoms with Gasteiger partial charge in [0.1, 0.15) is 6.29 Å². The van der Waals surface area contributed by atoms with Crippen molar-refractivity contribution in [1.82, 2.24) is 5.06 Å². The van der Waals surface area contributed by atoms with Gasteiger partial charge in [0.25, 0.3) is 0 Å². The lowest BCUT2D eigenvalue weighted by atomic mass is 9.91. The molecular weight excluding hydrogens is 214 g/mol. The van der Waals surface area contributed by atoms with E-state index in [9.17, 15) is 4.79 Å². The van der Waals surface area contributed by atoms with Gasteiger partial charge in [-0.25, -0.2) is 0 Å². The van der Waals surface area contributed by atoms with E-state index in [1.807, 2.05) is 42.3 Å². The standard InChI is InChI=1S/C14H17NO2/c1-3-9-15-14(12-7-5-4-6-8-12)13(10-16)11(2)17-15/h3-8,10-11,13-14H,1,9H2,2H3/t11-,13-,14-/m1/s1. The second-order valence-electron chi connectivity index (χ2n) is 4.27. The first kappa shape index (κ1) is 12.0. The fraction of sp³-hybridized carbons (Fsp3) is 0.357. The van der Waals surface area contributed by atoms with Gasteiger partial charge in [-0.2, -0.15) is 5.06 Å². The van der Waals surface area contributed by atoms with Crippen molar-refractivity contribution in [3.8, 4) is 0 Å². The number of aldehydes is 1. The van der Waals surface area contributed by atoms with E-state index >= 15 is 0 Å². The van der Waals surface area contributed by atoms with Gasteiger partial charge in [0.2, 0.25) is 0 Å². The quantitative estimate of drug-likeness (QED) is 0.588. The molecule has 17 heavy (non-hydrogen) atoms. The molecule has 0 amide bonds. The van der Waals surface area contributed by atoms with Crippen molar-refractivity contribution in [3.63, 3.8) is 0 Å². The number of rotatable bonds is 4. The number of hydrogen-bond acceptors (Lipinski definition) is 3. The minimum atomic E-state index is -0.127. The van der Waals surface area contributed by atoms with Gasteiger partial charge in [-0.1, -0.05) is 36.4 Å². The highest BCUT2D eigenvalue weighted by Crippen LogP contribution is 2.37. The summed E-state index contributed by atoms with van der Waals surface area (Å²) in [5.41, 5.74) is 1.11. The van der Waals surface area contributed by atoms with E-state index in [4.69, 9.17) is 4.84 Å². The summed E-state index contributed by atoms with van der Waals surface area (Å²) in [6.07, 6.45) is 2.69. The lowest BCUT2D eigenvalue weighted by Gasteiger charge is -2.22. The lowest BCUT2D eigenvalue weighted by Crippen LogP contribution is -2.25. The normalized spacial score (nSPS) is 29.1. The molecule has 0 aliphatic carbocycles. The second-order valence-corrected chi connectivity index (χ2v) is 4.27. The SMILES string of the molecule is C=CCN1O[C@H](C)[C@@H](C=O)[C@H]1c1ccccc1. The molecule has 90 valence electrons. The maximum absolute atomic E-state index is 11.2. The van der Waals surface area contributed by atoms with E-state index < -0.39 is 0 Å². The molecule has 1 aromatic rings. The molecule has 0 N–H and O–H groups in total. The predicted molar refractivity (Wildman–Crippen MR) is 66.2 cm³/mol. The van der Waals surface area contributed by atoms with E-state index in [1.165, 1.54) is 0 Å². The highest BCUT2D eigenvalue weighted by molar-refractivity contribution is 5.57. The summed E-state index contributed by atoms with van der Waals surface area (Å²) in [7, 11) is 0. The summed E-state index contributed by atoms with van der Waals surface area (Å²) >= 11 is 0. The Labute approximate surface area is 102 Å². The minimum absolute atomic E-state index is 0.0123. The van der Waals surface area contributed by atoms with Gasteiger partial charge >= 0.3 is 0 Å². The molecule has 0 radical (unpaired) electrons. The number of hydrogen-bond donors (Lipinski definition) is 0. The monoisotopic (exact) mass is 231 g/mol. The Kier molecular flexibility index (Phi) is 3.71. The van der Waals surface area contributed by atoms with Crippen molar-refractivity contribution in [2.24, 2.45) is 5.92 Å². The second kappa shape index (κ2) is 5.25. The number of carbonyl (C=O) groups is 1. The van der Waals surface area contributed by atoms with Gasteiger partial charge in [0.05, 0.1) is 18.1 Å². The Morgan fingerprint density at radius 2 is 2.12 bits per heavy atom. The van der Waals surface area contributed by atoms with Crippen molar-refractivity contribution in [3.05, 3.63) is 48.6 Å². The van der Waals surface area contributed by atoms with Crippen LogP contribution in [0.5, 0.6) is 0 Å². The Morgan fingerprint density at radius 3 is 2.71 bits per heavy atom. The summed E-state index contributed by atoms with van der Waals surface area (Å²) in [4.78, 5) is 16.9. The van der Waals surface area contributed by atoms with Crippen LogP contribution in [-0.4, -0.2) is 24.0 Å². The Bertz CT molecular complexity index is 390. The molecule has 0 bridgehead atoms. The van der Waals surface area contributed by atoms with Crippen LogP contribution >= 0.6 is 0 Å². The first-order chi connectivity index (χ1) is 8.27. The average molecular weight is 231 g/mol. The zero-order valence-electron chi connectivity index (χ0n) is 9.95. The van der Waals surface area contributed by atoms with Gasteiger partial charge in [0.15, 0.2) is 0 Å². The van der Waals surface area contributed by atoms with Crippen molar-refractivity contribution in [1.29, 1.82) is 0 Å². The molecule has 3 heteroatoms. The smallest absolute Gasteiger partial charge is 0.127 e. The number of hydroxylamine groups is 2. The summed E-state index contributed by atoms with van der Waals surface area (Å²) in [6.45, 7) is 6.27. The van der Waals surface area contributed by atoms with Crippen LogP contribution in [0.1, 0.15) is 18.5 Å². The average Bonchev–Trinajstić information content (AvgIpc) is 2.67. The van der Waals surface area contributed by atoms with E-state index in [1.54, 1.807) is 6.08 Å². The maximum atomic E-state index is 11.2. The molecule has 2 rings (SSSR count). The Balaban J connectivity index is 2.31. The largest absolute Gasteiger partial charge is 0.303 e. The highest BCUT2D eigenvalue weighted by Gasteiger charge is 2.41. The van der Waals surface area contributed by atoms with E-state index in [0.29, 0.717) is 6.54 Å². The fourth-order valence-electron chi connectivity index (χ4n) is 2.31. The molecule has 1 aliphatic rings. The zero-order chi connectivity index (χ0) is 12.3. The molecule has 0 saturated carbocycles. The van der Waals surface area contributed by atoms with Gasteiger partial charge in [-0.3, -0.25) is 4.84 Å². The van der Waals surface area contributed by atoms with Crippen LogP contribution in [0.4, 0.5) is 0 Å². The van der Waals surface area contributed by atoms with Crippen LogP contribution < -0.4 is 0 Å². The van der Waals surface area contributed by atoms with Gasteiger partial charge < -0.3 is 4.79 Å². The summed E-state index contributed by atoms with van der Waals surface area (Å²) in [6, 6.07) is 9.97. The fourth-order valence-corrected chi connectivity index (χ4v) is 2.31. The van der Waals surface area contributed by atoms with Crippen molar-refractivity contribution in [2.45, 2.75) is 19.1 Å². The van der Waals surface area contributed by atoms with E-state index in [0.717, 1.165) is 11.8 Å². The van der Waals surface area contributed by atoms with Crippen molar-refractivity contribution < 1.29 is 9.63 Å². The van der Waals surface area contributed by atoms with Crippen LogP contribution in [0, 0.1) is 5.92 Å². The van der Waals surface area contributed by atoms with E-state index in [-0.39, 0.29) is 18.1 Å². The first-order valence-corrected chi connectivity index (χ1v) is 5.82. The van der Waals surface area contributed by atoms with Gasteiger partial charge in [-0.05, 0) is 12.5 Å². The highest BCUT2D eigenvalue weighted by atomic mass is 16.7. The molecule has 0 unspecified atom stereocenters. The summed E-state index contributed by atoms with van der Waals surface area (Å²) in [5, 5.41) is 1.84. The molecule has 0 spiro atoms. The molecule has 3 nitrogen and oxygen atoms in total. The molecule has 1 fully saturated rings. The molecular formula is C14H17NO2. The number of benzene rings is 1. The molecule has 3 atom stereocenters. The van der Waals surface area contributed by atoms with Crippen LogP contribution in [0.15, 0.2) is 43.0 Å². The van der Waals surface area contributed by atoms with Crippen LogP contribution in [0.2, 0.25) is 0 Å². The predicted octanol–water partition coefficient (Wildman–Crippen LogP) is 2.36. The van der Waals surface area contributed by atoms with Crippen molar-refractivity contribution in [2.75, 3.05) is 6.54 Å². The van der Waals surface area contributed by atoms with Crippen LogP contribution in [-0.2, 0) is 9.63 Å². The molecule has 1 saturated heterocycles. The summed E-state index contributed by atoms with van der Waals surface area (Å²) in [5.74, 6) is -0.127. The third-order valence-corrected chi connectivity index (χ3v) is 3.13. The maximum Gasteiger partial charge on any atom is 0.127 e. The lowest BCUT2D eigenvalue weighted by molar-refractivity contribution is -0.151. The summed E-state index contributed by atoms with van der Waals surface area (Å²) < 4.78 is 0. The molecule has 0 aromatic heterocycles. The Hall–Kier alpha value is -1.45. The molecule has 1 aliphatic heterocycles. The third kappa shape index (κ3) is 2.30. The Morgan fingerprint density at radius 1 is 1.41 bits per heavy atom. The topological polar surface area (TPSA) is 29.5 Å². The molecule has 1 heterocycles. The van der Waals surface area contributed by atoms with E-state index in [2.05, 4.69) is 6.58 Å².